The van der Waals surface area contributed by atoms with Crippen molar-refractivity contribution < 1.29 is 15.0 Å². The van der Waals surface area contributed by atoms with Gasteiger partial charge in [0.05, 0.1) is 16.3 Å². The van der Waals surface area contributed by atoms with Crippen molar-refractivity contribution in [3.05, 3.63) is 57.6 Å². The molecule has 0 radical (unpaired) electrons. The summed E-state index contributed by atoms with van der Waals surface area (Å²) < 4.78 is 0. The fraction of sp³-hybridized carbons (Fsp3) is 0. The highest BCUT2D eigenvalue weighted by Crippen LogP contribution is 2.32. The van der Waals surface area contributed by atoms with Gasteiger partial charge in [-0.3, -0.25) is 4.79 Å². The monoisotopic (exact) mass is 324 g/mol. The van der Waals surface area contributed by atoms with Crippen LogP contribution >= 0.6 is 23.2 Å². The Kier molecular flexibility index (Phi) is 4.67. The first-order valence-corrected chi connectivity index (χ1v) is 6.53. The van der Waals surface area contributed by atoms with Gasteiger partial charge in [-0.05, 0) is 42.0 Å². The number of amides is 1. The van der Waals surface area contributed by atoms with Crippen molar-refractivity contribution in [1.82, 2.24) is 5.43 Å². The highest BCUT2D eigenvalue weighted by atomic mass is 35.5. The number of hydrogen-bond acceptors (Lipinski definition) is 4. The largest absolute Gasteiger partial charge is 0.508 e. The lowest BCUT2D eigenvalue weighted by molar-refractivity contribution is 0.0955. The summed E-state index contributed by atoms with van der Waals surface area (Å²) in [5, 5.41) is 22.5. The third kappa shape index (κ3) is 3.87. The number of hydrazone groups is 1. The molecule has 1 amide bonds. The Morgan fingerprint density at radius 2 is 1.67 bits per heavy atom. The number of nitrogens with zero attached hydrogens (tertiary/aromatic N) is 1. The molecule has 0 aliphatic carbocycles. The Morgan fingerprint density at radius 3 is 2.24 bits per heavy atom. The van der Waals surface area contributed by atoms with E-state index in [0.29, 0.717) is 11.1 Å². The normalized spacial score (nSPS) is 10.8. The Bertz CT molecular complexity index is 677. The van der Waals surface area contributed by atoms with Gasteiger partial charge in [0.15, 0.2) is 5.75 Å². The number of carbonyl (C=O) groups excluding carboxylic acids is 1. The number of hydrogen-bond donors (Lipinski definition) is 3. The molecule has 5 nitrogen and oxygen atoms in total. The van der Waals surface area contributed by atoms with E-state index in [4.69, 9.17) is 28.3 Å². The van der Waals surface area contributed by atoms with Gasteiger partial charge in [-0.1, -0.05) is 23.2 Å². The number of nitrogens with one attached hydrogen (secondary N) is 1. The lowest BCUT2D eigenvalue weighted by atomic mass is 10.2. The van der Waals surface area contributed by atoms with E-state index >= 15 is 0 Å². The number of phenols is 2. The third-order valence-corrected chi connectivity index (χ3v) is 3.12. The summed E-state index contributed by atoms with van der Waals surface area (Å²) in [4.78, 5) is 11.7. The summed E-state index contributed by atoms with van der Waals surface area (Å²) in [6, 6.07) is 8.65. The first-order valence-electron chi connectivity index (χ1n) is 5.78. The van der Waals surface area contributed by atoms with Crippen LogP contribution in [0.5, 0.6) is 11.5 Å². The molecule has 2 aromatic rings. The van der Waals surface area contributed by atoms with Crippen LogP contribution < -0.4 is 5.43 Å². The van der Waals surface area contributed by atoms with Gasteiger partial charge in [0.25, 0.3) is 5.91 Å². The van der Waals surface area contributed by atoms with Crippen LogP contribution in [-0.4, -0.2) is 22.3 Å². The highest BCUT2D eigenvalue weighted by Gasteiger charge is 2.06. The van der Waals surface area contributed by atoms with Crippen molar-refractivity contribution in [2.24, 2.45) is 5.10 Å². The molecule has 0 bridgehead atoms. The standard InChI is InChI=1S/C14H10Cl2N2O3/c15-11-5-8(6-12(16)13(11)20)7-17-18-14(21)9-1-3-10(19)4-2-9/h1-7,19-20H,(H,18,21)/b17-7-. The summed E-state index contributed by atoms with van der Waals surface area (Å²) in [5.41, 5.74) is 3.20. The minimum atomic E-state index is -0.428. The molecule has 0 atom stereocenters. The van der Waals surface area contributed by atoms with E-state index in [0.717, 1.165) is 0 Å². The van der Waals surface area contributed by atoms with Crippen LogP contribution in [0.25, 0.3) is 0 Å². The van der Waals surface area contributed by atoms with Crippen LogP contribution in [0, 0.1) is 0 Å². The molecule has 0 aromatic heterocycles. The molecule has 21 heavy (non-hydrogen) atoms. The van der Waals surface area contributed by atoms with Crippen molar-refractivity contribution in [3.63, 3.8) is 0 Å². The molecule has 0 heterocycles. The lowest BCUT2D eigenvalue weighted by Crippen LogP contribution is -2.17. The molecule has 3 N–H and O–H groups in total. The van der Waals surface area contributed by atoms with Crippen LogP contribution in [0.2, 0.25) is 10.0 Å². The summed E-state index contributed by atoms with van der Waals surface area (Å²) in [7, 11) is 0. The van der Waals surface area contributed by atoms with Gasteiger partial charge in [-0.15, -0.1) is 0 Å². The highest BCUT2D eigenvalue weighted by molar-refractivity contribution is 6.37. The van der Waals surface area contributed by atoms with Crippen LogP contribution in [0.1, 0.15) is 15.9 Å². The number of halogens is 2. The number of phenolic OH excluding ortho intramolecular Hbond substituents is 2. The zero-order valence-electron chi connectivity index (χ0n) is 10.5. The number of carbonyl (C=O) groups is 1. The Morgan fingerprint density at radius 1 is 1.10 bits per heavy atom. The van der Waals surface area contributed by atoms with Gasteiger partial charge in [0.2, 0.25) is 0 Å². The average molecular weight is 325 g/mol. The van der Waals surface area contributed by atoms with Gasteiger partial charge in [-0.25, -0.2) is 5.43 Å². The molecular formula is C14H10Cl2N2O3. The maximum absolute atomic E-state index is 11.7. The molecule has 0 aliphatic heterocycles. The van der Waals surface area contributed by atoms with E-state index in [2.05, 4.69) is 10.5 Å². The zero-order chi connectivity index (χ0) is 15.4. The van der Waals surface area contributed by atoms with Gasteiger partial charge in [-0.2, -0.15) is 5.10 Å². The summed E-state index contributed by atoms with van der Waals surface area (Å²) in [6.45, 7) is 0. The van der Waals surface area contributed by atoms with Gasteiger partial charge in [0.1, 0.15) is 5.75 Å². The third-order valence-electron chi connectivity index (χ3n) is 2.55. The van der Waals surface area contributed by atoms with E-state index in [1.54, 1.807) is 0 Å². The molecular weight excluding hydrogens is 315 g/mol. The molecule has 0 spiro atoms. The van der Waals surface area contributed by atoms with E-state index in [9.17, 15) is 9.90 Å². The molecule has 2 rings (SSSR count). The fourth-order valence-electron chi connectivity index (χ4n) is 1.50. The van der Waals surface area contributed by atoms with Gasteiger partial charge >= 0.3 is 0 Å². The predicted octanol–water partition coefficient (Wildman–Crippen LogP) is 3.17. The molecule has 7 heteroatoms. The minimum absolute atomic E-state index is 0.0726. The van der Waals surface area contributed by atoms with Crippen LogP contribution in [-0.2, 0) is 0 Å². The summed E-state index contributed by atoms with van der Waals surface area (Å²) >= 11 is 11.5. The first-order chi connectivity index (χ1) is 9.97. The number of aromatic hydroxyl groups is 2. The lowest BCUT2D eigenvalue weighted by Gasteiger charge is -2.02. The van der Waals surface area contributed by atoms with Crippen molar-refractivity contribution in [3.8, 4) is 11.5 Å². The number of rotatable bonds is 3. The molecule has 0 fully saturated rings. The quantitative estimate of drug-likeness (QED) is 0.599. The summed E-state index contributed by atoms with van der Waals surface area (Å²) in [5.74, 6) is -0.561. The first kappa shape index (κ1) is 15.2. The van der Waals surface area contributed by atoms with E-state index in [1.165, 1.54) is 42.6 Å². The maximum atomic E-state index is 11.7. The second-order valence-electron chi connectivity index (χ2n) is 4.08. The molecule has 0 unspecified atom stereocenters. The Balaban J connectivity index is 2.05. The molecule has 108 valence electrons. The van der Waals surface area contributed by atoms with E-state index in [1.807, 2.05) is 0 Å². The summed E-state index contributed by atoms with van der Waals surface area (Å²) in [6.07, 6.45) is 1.34. The smallest absolute Gasteiger partial charge is 0.271 e. The SMILES string of the molecule is O=C(N/N=C\c1cc(Cl)c(O)c(Cl)c1)c1ccc(O)cc1. The zero-order valence-corrected chi connectivity index (χ0v) is 12.1. The molecule has 2 aromatic carbocycles. The van der Waals surface area contributed by atoms with Gasteiger partial charge < -0.3 is 10.2 Å². The van der Waals surface area contributed by atoms with Crippen molar-refractivity contribution >= 4 is 35.3 Å². The van der Waals surface area contributed by atoms with E-state index in [-0.39, 0.29) is 21.5 Å². The average Bonchev–Trinajstić information content (AvgIpc) is 2.45. The molecule has 0 saturated carbocycles. The minimum Gasteiger partial charge on any atom is -0.508 e. The van der Waals surface area contributed by atoms with Crippen molar-refractivity contribution in [1.29, 1.82) is 0 Å². The van der Waals surface area contributed by atoms with Gasteiger partial charge in [0, 0.05) is 5.56 Å². The van der Waals surface area contributed by atoms with Crippen LogP contribution in [0.3, 0.4) is 0 Å². The van der Waals surface area contributed by atoms with Crippen molar-refractivity contribution in [2.75, 3.05) is 0 Å². The second kappa shape index (κ2) is 6.47. The van der Waals surface area contributed by atoms with Crippen LogP contribution in [0.4, 0.5) is 0 Å². The topological polar surface area (TPSA) is 81.9 Å². The predicted molar refractivity (Wildman–Crippen MR) is 81.3 cm³/mol. The Labute approximate surface area is 130 Å². The second-order valence-corrected chi connectivity index (χ2v) is 4.89. The molecule has 0 aliphatic rings. The van der Waals surface area contributed by atoms with Crippen LogP contribution in [0.15, 0.2) is 41.5 Å². The Hall–Kier alpha value is -2.24. The maximum Gasteiger partial charge on any atom is 0.271 e. The van der Waals surface area contributed by atoms with Crippen molar-refractivity contribution in [2.45, 2.75) is 0 Å². The number of benzene rings is 2. The molecule has 0 saturated heterocycles. The fourth-order valence-corrected chi connectivity index (χ4v) is 2.01. The van der Waals surface area contributed by atoms with E-state index < -0.39 is 5.91 Å².